The number of primary amides is 1. The lowest BCUT2D eigenvalue weighted by Crippen LogP contribution is -2.31. The molecule has 0 aliphatic rings. The van der Waals surface area contributed by atoms with E-state index < -0.39 is 11.9 Å². The van der Waals surface area contributed by atoms with Gasteiger partial charge in [-0.3, -0.25) is 9.48 Å². The molecule has 0 aliphatic heterocycles. The number of aromatic nitrogens is 2. The van der Waals surface area contributed by atoms with Crippen LogP contribution in [-0.2, 0) is 11.3 Å². The van der Waals surface area contributed by atoms with Gasteiger partial charge in [0.1, 0.15) is 12.4 Å². The topological polar surface area (TPSA) is 102 Å². The van der Waals surface area contributed by atoms with Gasteiger partial charge in [0.05, 0.1) is 17.9 Å². The van der Waals surface area contributed by atoms with Gasteiger partial charge in [-0.15, -0.1) is 0 Å². The van der Waals surface area contributed by atoms with Crippen molar-refractivity contribution >= 4 is 17.6 Å². The molecule has 0 saturated heterocycles. The van der Waals surface area contributed by atoms with E-state index in [1.807, 2.05) is 0 Å². The quantitative estimate of drug-likeness (QED) is 0.778. The Morgan fingerprint density at radius 1 is 1.36 bits per heavy atom. The Hall–Kier alpha value is -2.90. The third kappa shape index (κ3) is 4.30. The van der Waals surface area contributed by atoms with Crippen molar-refractivity contribution < 1.29 is 14.0 Å². The number of nitrogens with two attached hydrogens (primary N) is 1. The number of nitrogens with one attached hydrogen (secondary N) is 2. The molecular formula is C14H16FN5O2. The van der Waals surface area contributed by atoms with Gasteiger partial charge in [-0.1, -0.05) is 12.1 Å². The normalized spacial score (nSPS) is 11.7. The third-order valence-corrected chi connectivity index (χ3v) is 2.93. The van der Waals surface area contributed by atoms with Crippen LogP contribution in [0.25, 0.3) is 0 Å². The van der Waals surface area contributed by atoms with Crippen LogP contribution in [0, 0.1) is 5.82 Å². The van der Waals surface area contributed by atoms with Crippen molar-refractivity contribution in [2.45, 2.75) is 19.5 Å². The molecule has 2 aromatic rings. The first-order valence-corrected chi connectivity index (χ1v) is 6.58. The fraction of sp³-hybridized carbons (Fsp3) is 0.214. The Kier molecular flexibility index (Phi) is 4.72. The predicted octanol–water partition coefficient (Wildman–Crippen LogP) is 1.39. The molecule has 1 atom stereocenters. The van der Waals surface area contributed by atoms with Gasteiger partial charge in [0.2, 0.25) is 5.91 Å². The standard InChI is InChI=1S/C14H16FN5O2/c1-9(10-2-4-11(15)5-3-10)18-14(22)19-12-6-17-20(7-12)8-13(16)21/h2-7,9H,8H2,1H3,(H2,16,21)(H2,18,19,22)/t9-/m0/s1. The van der Waals surface area contributed by atoms with E-state index in [1.54, 1.807) is 19.1 Å². The molecule has 2 rings (SSSR count). The molecule has 116 valence electrons. The Bertz CT molecular complexity index is 668. The summed E-state index contributed by atoms with van der Waals surface area (Å²) in [5.41, 5.74) is 6.26. The smallest absolute Gasteiger partial charge is 0.319 e. The second-order valence-electron chi connectivity index (χ2n) is 4.76. The molecule has 1 aromatic heterocycles. The van der Waals surface area contributed by atoms with Crippen LogP contribution in [0.1, 0.15) is 18.5 Å². The number of amides is 3. The van der Waals surface area contributed by atoms with E-state index in [1.165, 1.54) is 29.2 Å². The fourth-order valence-electron chi connectivity index (χ4n) is 1.87. The summed E-state index contributed by atoms with van der Waals surface area (Å²) in [6.07, 6.45) is 2.90. The SMILES string of the molecule is C[C@H](NC(=O)Nc1cnn(CC(N)=O)c1)c1ccc(F)cc1. The van der Waals surface area contributed by atoms with Crippen LogP contribution in [-0.4, -0.2) is 21.7 Å². The average molecular weight is 305 g/mol. The van der Waals surface area contributed by atoms with Crippen LogP contribution < -0.4 is 16.4 Å². The lowest BCUT2D eigenvalue weighted by molar-refractivity contribution is -0.118. The maximum Gasteiger partial charge on any atom is 0.319 e. The molecule has 0 fully saturated rings. The molecule has 0 unspecified atom stereocenters. The fourth-order valence-corrected chi connectivity index (χ4v) is 1.87. The highest BCUT2D eigenvalue weighted by molar-refractivity contribution is 5.89. The zero-order valence-corrected chi connectivity index (χ0v) is 11.9. The van der Waals surface area contributed by atoms with Gasteiger partial charge < -0.3 is 16.4 Å². The van der Waals surface area contributed by atoms with E-state index in [0.717, 1.165) is 5.56 Å². The molecule has 1 heterocycles. The van der Waals surface area contributed by atoms with Gasteiger partial charge in [-0.05, 0) is 24.6 Å². The molecule has 8 heteroatoms. The van der Waals surface area contributed by atoms with E-state index in [0.29, 0.717) is 5.69 Å². The van der Waals surface area contributed by atoms with Gasteiger partial charge in [0, 0.05) is 6.20 Å². The number of urea groups is 1. The molecule has 3 amide bonds. The number of nitrogens with zero attached hydrogens (tertiary/aromatic N) is 2. The Morgan fingerprint density at radius 3 is 2.68 bits per heavy atom. The van der Waals surface area contributed by atoms with Gasteiger partial charge in [0.15, 0.2) is 0 Å². The Labute approximate surface area is 126 Å². The minimum absolute atomic E-state index is 0.0602. The zero-order chi connectivity index (χ0) is 16.1. The summed E-state index contributed by atoms with van der Waals surface area (Å²) in [5, 5.41) is 9.19. The van der Waals surface area contributed by atoms with Gasteiger partial charge >= 0.3 is 6.03 Å². The highest BCUT2D eigenvalue weighted by Gasteiger charge is 2.10. The number of rotatable bonds is 5. The largest absolute Gasteiger partial charge is 0.368 e. The second-order valence-corrected chi connectivity index (χ2v) is 4.76. The maximum atomic E-state index is 12.9. The van der Waals surface area contributed by atoms with Crippen LogP contribution in [0.5, 0.6) is 0 Å². The number of hydrogen-bond acceptors (Lipinski definition) is 3. The summed E-state index contributed by atoms with van der Waals surface area (Å²) in [4.78, 5) is 22.6. The average Bonchev–Trinajstić information content (AvgIpc) is 2.85. The monoisotopic (exact) mass is 305 g/mol. The van der Waals surface area contributed by atoms with E-state index in [2.05, 4.69) is 15.7 Å². The third-order valence-electron chi connectivity index (χ3n) is 2.93. The van der Waals surface area contributed by atoms with Crippen molar-refractivity contribution in [2.24, 2.45) is 5.73 Å². The first kappa shape index (κ1) is 15.5. The van der Waals surface area contributed by atoms with E-state index in [9.17, 15) is 14.0 Å². The lowest BCUT2D eigenvalue weighted by Gasteiger charge is -2.14. The number of anilines is 1. The molecule has 0 aliphatic carbocycles. The van der Waals surface area contributed by atoms with E-state index in [4.69, 9.17) is 5.73 Å². The number of hydrogen-bond donors (Lipinski definition) is 3. The minimum atomic E-state index is -0.524. The highest BCUT2D eigenvalue weighted by Crippen LogP contribution is 2.13. The van der Waals surface area contributed by atoms with Crippen molar-refractivity contribution in [3.05, 3.63) is 48.0 Å². The summed E-state index contributed by atoms with van der Waals surface area (Å²) in [6.45, 7) is 1.72. The number of carbonyl (C=O) groups is 2. The zero-order valence-electron chi connectivity index (χ0n) is 11.9. The molecule has 7 nitrogen and oxygen atoms in total. The van der Waals surface area contributed by atoms with Gasteiger partial charge in [0.25, 0.3) is 0 Å². The molecule has 4 N–H and O–H groups in total. The van der Waals surface area contributed by atoms with Crippen LogP contribution in [0.3, 0.4) is 0 Å². The molecule has 22 heavy (non-hydrogen) atoms. The van der Waals surface area contributed by atoms with Crippen LogP contribution in [0.15, 0.2) is 36.7 Å². The van der Waals surface area contributed by atoms with Gasteiger partial charge in [-0.2, -0.15) is 5.10 Å². The molecular weight excluding hydrogens is 289 g/mol. The van der Waals surface area contributed by atoms with Crippen molar-refractivity contribution in [3.8, 4) is 0 Å². The van der Waals surface area contributed by atoms with Crippen molar-refractivity contribution in [1.29, 1.82) is 0 Å². The van der Waals surface area contributed by atoms with E-state index in [-0.39, 0.29) is 18.4 Å². The van der Waals surface area contributed by atoms with Crippen molar-refractivity contribution in [1.82, 2.24) is 15.1 Å². The molecule has 0 spiro atoms. The van der Waals surface area contributed by atoms with Crippen LogP contribution >= 0.6 is 0 Å². The van der Waals surface area contributed by atoms with Crippen molar-refractivity contribution in [2.75, 3.05) is 5.32 Å². The Morgan fingerprint density at radius 2 is 2.05 bits per heavy atom. The molecule has 0 radical (unpaired) electrons. The number of halogens is 1. The summed E-state index contributed by atoms with van der Waals surface area (Å²) in [7, 11) is 0. The molecule has 1 aromatic carbocycles. The summed E-state index contributed by atoms with van der Waals surface area (Å²) >= 11 is 0. The first-order chi connectivity index (χ1) is 10.4. The second kappa shape index (κ2) is 6.70. The highest BCUT2D eigenvalue weighted by atomic mass is 19.1. The van der Waals surface area contributed by atoms with Crippen molar-refractivity contribution in [3.63, 3.8) is 0 Å². The Balaban J connectivity index is 1.90. The number of carbonyl (C=O) groups excluding carboxylic acids is 2. The molecule has 0 bridgehead atoms. The lowest BCUT2D eigenvalue weighted by atomic mass is 10.1. The first-order valence-electron chi connectivity index (χ1n) is 6.58. The predicted molar refractivity (Wildman–Crippen MR) is 78.4 cm³/mol. The maximum absolute atomic E-state index is 12.9. The van der Waals surface area contributed by atoms with Crippen LogP contribution in [0.2, 0.25) is 0 Å². The number of benzene rings is 1. The van der Waals surface area contributed by atoms with Gasteiger partial charge in [-0.25, -0.2) is 9.18 Å². The van der Waals surface area contributed by atoms with E-state index >= 15 is 0 Å². The molecule has 0 saturated carbocycles. The summed E-state index contributed by atoms with van der Waals surface area (Å²) in [5.74, 6) is -0.855. The summed E-state index contributed by atoms with van der Waals surface area (Å²) in [6, 6.07) is 5.14. The minimum Gasteiger partial charge on any atom is -0.368 e. The summed E-state index contributed by atoms with van der Waals surface area (Å²) < 4.78 is 14.2. The van der Waals surface area contributed by atoms with Crippen LogP contribution in [0.4, 0.5) is 14.9 Å².